The summed E-state index contributed by atoms with van der Waals surface area (Å²) in [6.07, 6.45) is 7.03. The van der Waals surface area contributed by atoms with E-state index < -0.39 is 0 Å². The molecule has 9 heteroatoms. The number of aryl methyl sites for hydroxylation is 1. The smallest absolute Gasteiger partial charge is 0.257 e. The molecule has 0 aromatic carbocycles. The highest BCUT2D eigenvalue weighted by Crippen LogP contribution is 2.22. The standard InChI is InChI=1S/C22H21N7O2/c1-28-14-17(13-25-28)18-3-2-16-12-24-20(11-19(16)26-18)27-22(30)15-4-5-23-21(10-15)29-6-8-31-9-7-29/h2-5,10-14H,6-9H2,1H3,(H,24,27,30). The minimum atomic E-state index is -0.243. The fraction of sp³-hybridized carbons (Fsp3) is 0.227. The van der Waals surface area contributed by atoms with Crippen LogP contribution in [0, 0.1) is 0 Å². The number of ether oxygens (including phenoxy) is 1. The second-order valence-corrected chi connectivity index (χ2v) is 7.32. The molecule has 0 bridgehead atoms. The molecule has 0 unspecified atom stereocenters. The highest BCUT2D eigenvalue weighted by atomic mass is 16.5. The monoisotopic (exact) mass is 415 g/mol. The summed E-state index contributed by atoms with van der Waals surface area (Å²) in [5, 5.41) is 7.96. The number of pyridine rings is 3. The molecule has 1 aliphatic rings. The Kier molecular flexibility index (Phi) is 5.01. The minimum absolute atomic E-state index is 0.243. The van der Waals surface area contributed by atoms with Crippen LogP contribution >= 0.6 is 0 Å². The van der Waals surface area contributed by atoms with Crippen LogP contribution in [0.25, 0.3) is 22.2 Å². The van der Waals surface area contributed by atoms with Gasteiger partial charge in [-0.2, -0.15) is 5.10 Å². The summed E-state index contributed by atoms with van der Waals surface area (Å²) in [4.78, 5) is 28.4. The van der Waals surface area contributed by atoms with E-state index in [9.17, 15) is 4.79 Å². The van der Waals surface area contributed by atoms with Gasteiger partial charge in [-0.3, -0.25) is 9.48 Å². The number of carbonyl (C=O) groups is 1. The Morgan fingerprint density at radius 1 is 1.10 bits per heavy atom. The molecule has 1 amide bonds. The van der Waals surface area contributed by atoms with Crippen molar-refractivity contribution in [1.82, 2.24) is 24.7 Å². The van der Waals surface area contributed by atoms with Gasteiger partial charge in [-0.15, -0.1) is 0 Å². The molecular formula is C22H21N7O2. The molecule has 156 valence electrons. The predicted octanol–water partition coefficient (Wildman–Crippen LogP) is 2.51. The van der Waals surface area contributed by atoms with E-state index >= 15 is 0 Å². The first kappa shape index (κ1) is 19.1. The first-order valence-electron chi connectivity index (χ1n) is 10.0. The van der Waals surface area contributed by atoms with E-state index in [0.717, 1.165) is 41.1 Å². The van der Waals surface area contributed by atoms with Crippen LogP contribution < -0.4 is 10.2 Å². The van der Waals surface area contributed by atoms with E-state index in [1.807, 2.05) is 25.4 Å². The quantitative estimate of drug-likeness (QED) is 0.547. The van der Waals surface area contributed by atoms with E-state index in [1.165, 1.54) is 0 Å². The lowest BCUT2D eigenvalue weighted by atomic mass is 10.2. The Morgan fingerprint density at radius 2 is 1.97 bits per heavy atom. The van der Waals surface area contributed by atoms with E-state index in [-0.39, 0.29) is 5.91 Å². The molecule has 4 aromatic heterocycles. The third-order valence-corrected chi connectivity index (χ3v) is 5.16. The predicted molar refractivity (Wildman–Crippen MR) is 117 cm³/mol. The van der Waals surface area contributed by atoms with Gasteiger partial charge < -0.3 is 15.0 Å². The molecule has 0 aliphatic carbocycles. The molecule has 1 fully saturated rings. The van der Waals surface area contributed by atoms with E-state index in [0.29, 0.717) is 24.6 Å². The molecule has 0 atom stereocenters. The normalized spacial score (nSPS) is 14.0. The van der Waals surface area contributed by atoms with Crippen molar-refractivity contribution in [3.63, 3.8) is 0 Å². The largest absolute Gasteiger partial charge is 0.378 e. The van der Waals surface area contributed by atoms with Gasteiger partial charge in [-0.1, -0.05) is 0 Å². The lowest BCUT2D eigenvalue weighted by molar-refractivity contribution is 0.102. The molecule has 4 aromatic rings. The summed E-state index contributed by atoms with van der Waals surface area (Å²) >= 11 is 0. The van der Waals surface area contributed by atoms with Gasteiger partial charge in [0, 0.05) is 61.3 Å². The molecule has 1 N–H and O–H groups in total. The number of nitrogens with zero attached hydrogens (tertiary/aromatic N) is 6. The number of morpholine rings is 1. The summed E-state index contributed by atoms with van der Waals surface area (Å²) in [7, 11) is 1.87. The van der Waals surface area contributed by atoms with Crippen LogP contribution in [0.15, 0.2) is 55.1 Å². The first-order chi connectivity index (χ1) is 15.2. The van der Waals surface area contributed by atoms with E-state index in [4.69, 9.17) is 9.72 Å². The zero-order valence-electron chi connectivity index (χ0n) is 17.0. The van der Waals surface area contributed by atoms with Crippen molar-refractivity contribution in [3.05, 3.63) is 60.7 Å². The molecule has 0 radical (unpaired) electrons. The second kappa shape index (κ2) is 8.11. The number of nitrogens with one attached hydrogen (secondary N) is 1. The van der Waals surface area contributed by atoms with Crippen molar-refractivity contribution in [2.75, 3.05) is 36.5 Å². The van der Waals surface area contributed by atoms with Crippen molar-refractivity contribution >= 4 is 28.4 Å². The van der Waals surface area contributed by atoms with Crippen LogP contribution in [0.4, 0.5) is 11.6 Å². The zero-order chi connectivity index (χ0) is 21.2. The molecular weight excluding hydrogens is 394 g/mol. The molecule has 9 nitrogen and oxygen atoms in total. The molecule has 31 heavy (non-hydrogen) atoms. The highest BCUT2D eigenvalue weighted by molar-refractivity contribution is 6.04. The maximum absolute atomic E-state index is 12.8. The van der Waals surface area contributed by atoms with E-state index in [2.05, 4.69) is 25.3 Å². The van der Waals surface area contributed by atoms with Crippen LogP contribution in [0.5, 0.6) is 0 Å². The number of carbonyl (C=O) groups excluding carboxylic acids is 1. The van der Waals surface area contributed by atoms with E-state index in [1.54, 1.807) is 41.5 Å². The number of hydrogen-bond donors (Lipinski definition) is 1. The van der Waals surface area contributed by atoms with Crippen LogP contribution in [-0.4, -0.2) is 56.9 Å². The molecule has 5 rings (SSSR count). The number of anilines is 2. The molecule has 1 aliphatic heterocycles. The molecule has 5 heterocycles. The fourth-order valence-corrected chi connectivity index (χ4v) is 3.51. The third-order valence-electron chi connectivity index (χ3n) is 5.16. The Balaban J connectivity index is 1.37. The number of amides is 1. The Morgan fingerprint density at radius 3 is 2.77 bits per heavy atom. The first-order valence-corrected chi connectivity index (χ1v) is 10.0. The topological polar surface area (TPSA) is 98.1 Å². The van der Waals surface area contributed by atoms with Gasteiger partial charge in [0.1, 0.15) is 11.6 Å². The lowest BCUT2D eigenvalue weighted by Gasteiger charge is -2.27. The van der Waals surface area contributed by atoms with Gasteiger partial charge in [0.15, 0.2) is 0 Å². The maximum Gasteiger partial charge on any atom is 0.257 e. The number of aromatic nitrogens is 5. The third kappa shape index (κ3) is 4.08. The van der Waals surface area contributed by atoms with Crippen molar-refractivity contribution in [1.29, 1.82) is 0 Å². The maximum atomic E-state index is 12.8. The molecule has 0 spiro atoms. The van der Waals surface area contributed by atoms with Gasteiger partial charge in [0.2, 0.25) is 0 Å². The lowest BCUT2D eigenvalue weighted by Crippen LogP contribution is -2.36. The van der Waals surface area contributed by atoms with Gasteiger partial charge in [0.05, 0.1) is 30.6 Å². The second-order valence-electron chi connectivity index (χ2n) is 7.32. The minimum Gasteiger partial charge on any atom is -0.378 e. The van der Waals surface area contributed by atoms with Crippen LogP contribution in [-0.2, 0) is 11.8 Å². The van der Waals surface area contributed by atoms with Crippen molar-refractivity contribution in [2.24, 2.45) is 7.05 Å². The number of fused-ring (bicyclic) bond motifs is 1. The van der Waals surface area contributed by atoms with Crippen molar-refractivity contribution in [3.8, 4) is 11.3 Å². The van der Waals surface area contributed by atoms with Gasteiger partial charge >= 0.3 is 0 Å². The fourth-order valence-electron chi connectivity index (χ4n) is 3.51. The Bertz CT molecular complexity index is 1250. The van der Waals surface area contributed by atoms with Gasteiger partial charge in [-0.25, -0.2) is 15.0 Å². The number of rotatable bonds is 4. The average Bonchev–Trinajstić information content (AvgIpc) is 3.25. The molecule has 0 saturated carbocycles. The van der Waals surface area contributed by atoms with Crippen LogP contribution in [0.3, 0.4) is 0 Å². The summed E-state index contributed by atoms with van der Waals surface area (Å²) in [6.45, 7) is 2.84. The van der Waals surface area contributed by atoms with Crippen molar-refractivity contribution in [2.45, 2.75) is 0 Å². The summed E-state index contributed by atoms with van der Waals surface area (Å²) in [5.74, 6) is 0.968. The zero-order valence-corrected chi connectivity index (χ0v) is 17.0. The van der Waals surface area contributed by atoms with Gasteiger partial charge in [0.25, 0.3) is 5.91 Å². The summed E-state index contributed by atoms with van der Waals surface area (Å²) in [5.41, 5.74) is 3.01. The summed E-state index contributed by atoms with van der Waals surface area (Å²) < 4.78 is 7.12. The Hall–Kier alpha value is -3.85. The molecule has 1 saturated heterocycles. The van der Waals surface area contributed by atoms with Gasteiger partial charge in [-0.05, 0) is 24.3 Å². The Labute approximate surface area is 178 Å². The number of hydrogen-bond acceptors (Lipinski definition) is 7. The van der Waals surface area contributed by atoms with Crippen molar-refractivity contribution < 1.29 is 9.53 Å². The van der Waals surface area contributed by atoms with Crippen LogP contribution in [0.2, 0.25) is 0 Å². The SMILES string of the molecule is Cn1cc(-c2ccc3cnc(NC(=O)c4ccnc(N5CCOCC5)c4)cc3n2)cn1. The van der Waals surface area contributed by atoms with Crippen LogP contribution in [0.1, 0.15) is 10.4 Å². The average molecular weight is 415 g/mol. The highest BCUT2D eigenvalue weighted by Gasteiger charge is 2.15. The summed E-state index contributed by atoms with van der Waals surface area (Å²) in [6, 6.07) is 9.15.